The van der Waals surface area contributed by atoms with Gasteiger partial charge in [-0.1, -0.05) is 6.07 Å². The molecule has 0 N–H and O–H groups in total. The van der Waals surface area contributed by atoms with Gasteiger partial charge in [-0.3, -0.25) is 9.69 Å². The highest BCUT2D eigenvalue weighted by Gasteiger charge is 2.31. The van der Waals surface area contributed by atoms with E-state index in [1.807, 2.05) is 13.8 Å². The van der Waals surface area contributed by atoms with Gasteiger partial charge in [0.15, 0.2) is 0 Å². The zero-order valence-electron chi connectivity index (χ0n) is 15.7. The molecular formula is C18H26FN3O4S. The van der Waals surface area contributed by atoms with Crippen molar-refractivity contribution in [2.45, 2.75) is 31.0 Å². The first-order valence-corrected chi connectivity index (χ1v) is 10.6. The molecule has 150 valence electrons. The molecule has 27 heavy (non-hydrogen) atoms. The van der Waals surface area contributed by atoms with E-state index in [9.17, 15) is 17.6 Å². The van der Waals surface area contributed by atoms with Crippen LogP contribution in [0.2, 0.25) is 0 Å². The Hall–Kier alpha value is -1.55. The highest BCUT2D eigenvalue weighted by atomic mass is 32.2. The first-order valence-electron chi connectivity index (χ1n) is 9.17. The summed E-state index contributed by atoms with van der Waals surface area (Å²) < 4.78 is 45.6. The van der Waals surface area contributed by atoms with Crippen molar-refractivity contribution in [2.75, 3.05) is 45.8 Å². The van der Waals surface area contributed by atoms with Gasteiger partial charge in [0.25, 0.3) is 0 Å². The van der Waals surface area contributed by atoms with Gasteiger partial charge in [0.2, 0.25) is 15.9 Å². The fraction of sp³-hybridized carbons (Fsp3) is 0.611. The zero-order valence-corrected chi connectivity index (χ0v) is 16.5. The number of ether oxygens (including phenoxy) is 1. The van der Waals surface area contributed by atoms with Crippen LogP contribution in [0.5, 0.6) is 0 Å². The minimum absolute atomic E-state index is 0.000830. The number of nitrogens with zero attached hydrogens (tertiary/aromatic N) is 3. The number of hydrogen-bond acceptors (Lipinski definition) is 5. The minimum atomic E-state index is -3.75. The second kappa shape index (κ2) is 8.22. The van der Waals surface area contributed by atoms with E-state index in [4.69, 9.17) is 4.74 Å². The number of amides is 1. The summed E-state index contributed by atoms with van der Waals surface area (Å²) in [4.78, 5) is 16.3. The smallest absolute Gasteiger partial charge is 0.243 e. The maximum absolute atomic E-state index is 13.4. The highest BCUT2D eigenvalue weighted by molar-refractivity contribution is 7.89. The predicted molar refractivity (Wildman–Crippen MR) is 98.2 cm³/mol. The van der Waals surface area contributed by atoms with Crippen LogP contribution in [0.25, 0.3) is 0 Å². The fourth-order valence-electron chi connectivity index (χ4n) is 3.66. The van der Waals surface area contributed by atoms with Crippen LogP contribution >= 0.6 is 0 Å². The summed E-state index contributed by atoms with van der Waals surface area (Å²) in [5, 5.41) is 0. The van der Waals surface area contributed by atoms with Crippen LogP contribution < -0.4 is 0 Å². The Kier molecular flexibility index (Phi) is 6.15. The van der Waals surface area contributed by atoms with Crippen LogP contribution in [0.3, 0.4) is 0 Å². The molecule has 0 saturated carbocycles. The molecule has 1 aromatic rings. The summed E-state index contributed by atoms with van der Waals surface area (Å²) in [5.41, 5.74) is 0. The van der Waals surface area contributed by atoms with E-state index < -0.39 is 15.8 Å². The summed E-state index contributed by atoms with van der Waals surface area (Å²) in [6.45, 7) is 6.81. The third kappa shape index (κ3) is 4.84. The van der Waals surface area contributed by atoms with E-state index in [-0.39, 0.29) is 36.1 Å². The molecule has 0 aromatic heterocycles. The number of carbonyl (C=O) groups excluding carboxylic acids is 1. The number of carbonyl (C=O) groups is 1. The molecule has 1 aromatic carbocycles. The number of halogens is 1. The number of rotatable bonds is 4. The predicted octanol–water partition coefficient (Wildman–Crippen LogP) is 0.768. The van der Waals surface area contributed by atoms with Crippen molar-refractivity contribution in [1.82, 2.24) is 14.1 Å². The Labute approximate surface area is 159 Å². The van der Waals surface area contributed by atoms with Gasteiger partial charge in [-0.2, -0.15) is 4.31 Å². The molecule has 0 radical (unpaired) electrons. The molecule has 0 spiro atoms. The molecule has 0 aliphatic carbocycles. The number of benzene rings is 1. The third-order valence-electron chi connectivity index (χ3n) is 4.88. The van der Waals surface area contributed by atoms with Gasteiger partial charge in [-0.25, -0.2) is 12.8 Å². The van der Waals surface area contributed by atoms with Crippen LogP contribution in [-0.4, -0.2) is 86.5 Å². The van der Waals surface area contributed by atoms with E-state index >= 15 is 0 Å². The molecule has 0 unspecified atom stereocenters. The van der Waals surface area contributed by atoms with E-state index in [1.165, 1.54) is 22.5 Å². The quantitative estimate of drug-likeness (QED) is 0.748. The molecule has 2 atom stereocenters. The Morgan fingerprint density at radius 3 is 2.37 bits per heavy atom. The van der Waals surface area contributed by atoms with Crippen molar-refractivity contribution >= 4 is 15.9 Å². The molecular weight excluding hydrogens is 373 g/mol. The first-order chi connectivity index (χ1) is 12.8. The highest BCUT2D eigenvalue weighted by Crippen LogP contribution is 2.19. The van der Waals surface area contributed by atoms with Gasteiger partial charge in [0.05, 0.1) is 23.6 Å². The van der Waals surface area contributed by atoms with Gasteiger partial charge < -0.3 is 9.64 Å². The number of morpholine rings is 1. The third-order valence-corrected chi connectivity index (χ3v) is 6.77. The lowest BCUT2D eigenvalue weighted by Gasteiger charge is -2.38. The number of piperazine rings is 1. The summed E-state index contributed by atoms with van der Waals surface area (Å²) in [5.74, 6) is -0.585. The summed E-state index contributed by atoms with van der Waals surface area (Å²) in [6, 6.07) is 5.00. The molecule has 3 rings (SSSR count). The number of sulfonamides is 1. The molecule has 2 saturated heterocycles. The van der Waals surface area contributed by atoms with Crippen molar-refractivity contribution in [3.8, 4) is 0 Å². The number of hydrogen-bond donors (Lipinski definition) is 0. The van der Waals surface area contributed by atoms with Crippen LogP contribution in [0.4, 0.5) is 4.39 Å². The largest absolute Gasteiger partial charge is 0.373 e. The Bertz CT molecular complexity index is 771. The fourth-order valence-corrected chi connectivity index (χ4v) is 5.11. The normalized spacial score (nSPS) is 25.5. The molecule has 9 heteroatoms. The van der Waals surface area contributed by atoms with E-state index in [0.717, 1.165) is 6.07 Å². The zero-order chi connectivity index (χ0) is 19.6. The van der Waals surface area contributed by atoms with E-state index in [0.29, 0.717) is 32.7 Å². The Morgan fingerprint density at radius 2 is 1.78 bits per heavy atom. The molecule has 2 fully saturated rings. The van der Waals surface area contributed by atoms with Gasteiger partial charge in [0.1, 0.15) is 5.82 Å². The molecule has 2 aliphatic rings. The molecule has 0 bridgehead atoms. The van der Waals surface area contributed by atoms with E-state index in [2.05, 4.69) is 4.90 Å². The second-order valence-corrected chi connectivity index (χ2v) is 9.13. The van der Waals surface area contributed by atoms with Crippen molar-refractivity contribution in [3.63, 3.8) is 0 Å². The molecule has 2 heterocycles. The maximum Gasteiger partial charge on any atom is 0.243 e. The van der Waals surface area contributed by atoms with Crippen LogP contribution in [-0.2, 0) is 19.6 Å². The lowest BCUT2D eigenvalue weighted by atomic mass is 10.2. The first kappa shape index (κ1) is 20.2. The van der Waals surface area contributed by atoms with Gasteiger partial charge >= 0.3 is 0 Å². The van der Waals surface area contributed by atoms with Crippen LogP contribution in [0, 0.1) is 5.82 Å². The SMILES string of the molecule is C[C@@H]1CN(CC(=O)N2CCN(S(=O)(=O)c3cccc(F)c3)CC2)C[C@@H](C)O1. The van der Waals surface area contributed by atoms with Crippen molar-refractivity contribution in [1.29, 1.82) is 0 Å². The maximum atomic E-state index is 13.4. The van der Waals surface area contributed by atoms with Crippen molar-refractivity contribution in [2.24, 2.45) is 0 Å². The summed E-state index contributed by atoms with van der Waals surface area (Å²) in [7, 11) is -3.75. The van der Waals surface area contributed by atoms with Crippen molar-refractivity contribution < 1.29 is 22.3 Å². The van der Waals surface area contributed by atoms with Gasteiger partial charge in [-0.15, -0.1) is 0 Å². The van der Waals surface area contributed by atoms with E-state index in [1.54, 1.807) is 4.90 Å². The molecule has 7 nitrogen and oxygen atoms in total. The summed E-state index contributed by atoms with van der Waals surface area (Å²) in [6.07, 6.45) is 0.185. The average Bonchev–Trinajstić information content (AvgIpc) is 2.61. The Balaban J connectivity index is 1.56. The lowest BCUT2D eigenvalue weighted by Crippen LogP contribution is -2.54. The van der Waals surface area contributed by atoms with Crippen molar-refractivity contribution in [3.05, 3.63) is 30.1 Å². The standard InChI is InChI=1S/C18H26FN3O4S/c1-14-11-20(12-15(2)26-14)13-18(23)21-6-8-22(9-7-21)27(24,25)17-5-3-4-16(19)10-17/h3-5,10,14-15H,6-9,11-13H2,1-2H3/t14-,15-/m1/s1. The molecule has 1 amide bonds. The van der Waals surface area contributed by atoms with Gasteiger partial charge in [0, 0.05) is 39.3 Å². The molecule has 2 aliphatic heterocycles. The topological polar surface area (TPSA) is 70.2 Å². The minimum Gasteiger partial charge on any atom is -0.373 e. The Morgan fingerprint density at radius 1 is 1.15 bits per heavy atom. The van der Waals surface area contributed by atoms with Gasteiger partial charge in [-0.05, 0) is 32.0 Å². The summed E-state index contributed by atoms with van der Waals surface area (Å²) >= 11 is 0. The lowest BCUT2D eigenvalue weighted by molar-refractivity contribution is -0.137. The van der Waals surface area contributed by atoms with Crippen LogP contribution in [0.1, 0.15) is 13.8 Å². The monoisotopic (exact) mass is 399 g/mol. The average molecular weight is 399 g/mol. The van der Waals surface area contributed by atoms with Crippen LogP contribution in [0.15, 0.2) is 29.2 Å². The second-order valence-electron chi connectivity index (χ2n) is 7.19.